The minimum absolute atomic E-state index is 0.170. The van der Waals surface area contributed by atoms with Gasteiger partial charge < -0.3 is 15.0 Å². The number of anilines is 1. The first-order chi connectivity index (χ1) is 14.6. The van der Waals surface area contributed by atoms with Crippen LogP contribution in [0.1, 0.15) is 18.1 Å². The first-order valence-corrected chi connectivity index (χ1v) is 11.6. The molecule has 0 fully saturated rings. The Balaban J connectivity index is 2.38. The standard InChI is InChI=1S/C22H29N3O5S/c1-16-9-11-18(12-10-16)14-24(17(2)22(27)23-3)21(26)15-25(31(5,28)29)19-7-6-8-20(13-19)30-4/h6-13,17H,14-15H2,1-5H3,(H,23,27). The Bertz CT molecular complexity index is 1020. The molecule has 2 rings (SSSR count). The number of benzene rings is 2. The molecule has 2 amide bonds. The zero-order valence-electron chi connectivity index (χ0n) is 18.5. The molecule has 0 aliphatic rings. The van der Waals surface area contributed by atoms with Crippen LogP contribution in [0.2, 0.25) is 0 Å². The Morgan fingerprint density at radius 2 is 1.77 bits per heavy atom. The van der Waals surface area contributed by atoms with Crippen LogP contribution in [0.3, 0.4) is 0 Å². The van der Waals surface area contributed by atoms with E-state index in [1.807, 2.05) is 31.2 Å². The topological polar surface area (TPSA) is 96.0 Å². The molecule has 0 aromatic heterocycles. The predicted octanol–water partition coefficient (Wildman–Crippen LogP) is 1.93. The Labute approximate surface area is 183 Å². The Kier molecular flexibility index (Phi) is 8.04. The number of hydrogen-bond donors (Lipinski definition) is 1. The molecular formula is C22H29N3O5S. The molecule has 9 heteroatoms. The van der Waals surface area contributed by atoms with Crippen LogP contribution in [-0.2, 0) is 26.2 Å². The van der Waals surface area contributed by atoms with Crippen molar-refractivity contribution in [2.75, 3.05) is 31.3 Å². The molecule has 1 unspecified atom stereocenters. The molecule has 1 atom stereocenters. The minimum atomic E-state index is -3.77. The summed E-state index contributed by atoms with van der Waals surface area (Å²) < 4.78 is 31.1. The molecule has 0 spiro atoms. The highest BCUT2D eigenvalue weighted by atomic mass is 32.2. The molecule has 2 aromatic carbocycles. The van der Waals surface area contributed by atoms with Crippen LogP contribution in [0.15, 0.2) is 48.5 Å². The Morgan fingerprint density at radius 1 is 1.13 bits per heavy atom. The van der Waals surface area contributed by atoms with Crippen molar-refractivity contribution in [3.8, 4) is 5.75 Å². The molecule has 0 saturated heterocycles. The van der Waals surface area contributed by atoms with Crippen molar-refractivity contribution < 1.29 is 22.7 Å². The van der Waals surface area contributed by atoms with Gasteiger partial charge in [-0.1, -0.05) is 35.9 Å². The largest absolute Gasteiger partial charge is 0.497 e. The summed E-state index contributed by atoms with van der Waals surface area (Å²) in [6.45, 7) is 3.29. The lowest BCUT2D eigenvalue weighted by atomic mass is 10.1. The monoisotopic (exact) mass is 447 g/mol. The van der Waals surface area contributed by atoms with E-state index in [2.05, 4.69) is 5.32 Å². The van der Waals surface area contributed by atoms with Crippen molar-refractivity contribution >= 4 is 27.5 Å². The lowest BCUT2D eigenvalue weighted by Gasteiger charge is -2.31. The highest BCUT2D eigenvalue weighted by Crippen LogP contribution is 2.23. The maximum Gasteiger partial charge on any atom is 0.244 e. The SMILES string of the molecule is CNC(=O)C(C)N(Cc1ccc(C)cc1)C(=O)CN(c1cccc(OC)c1)S(C)(=O)=O. The third-order valence-corrected chi connectivity index (χ3v) is 6.05. The number of hydrogen-bond acceptors (Lipinski definition) is 5. The van der Waals surface area contributed by atoms with Gasteiger partial charge in [-0.15, -0.1) is 0 Å². The number of carbonyl (C=O) groups excluding carboxylic acids is 2. The Morgan fingerprint density at radius 3 is 2.32 bits per heavy atom. The molecular weight excluding hydrogens is 418 g/mol. The molecule has 168 valence electrons. The van der Waals surface area contributed by atoms with Crippen molar-refractivity contribution in [3.05, 3.63) is 59.7 Å². The fourth-order valence-electron chi connectivity index (χ4n) is 3.06. The molecule has 1 N–H and O–H groups in total. The number of amides is 2. The normalized spacial score (nSPS) is 12.0. The average Bonchev–Trinajstić information content (AvgIpc) is 2.75. The fourth-order valence-corrected chi connectivity index (χ4v) is 3.90. The Hall–Kier alpha value is -3.07. The van der Waals surface area contributed by atoms with Gasteiger partial charge >= 0.3 is 0 Å². The van der Waals surface area contributed by atoms with E-state index in [1.165, 1.54) is 19.1 Å². The van der Waals surface area contributed by atoms with E-state index in [0.717, 1.165) is 21.7 Å². The van der Waals surface area contributed by atoms with E-state index in [4.69, 9.17) is 4.74 Å². The van der Waals surface area contributed by atoms with Crippen LogP contribution in [-0.4, -0.2) is 58.1 Å². The number of nitrogens with zero attached hydrogens (tertiary/aromatic N) is 2. The van der Waals surface area contributed by atoms with Crippen molar-refractivity contribution in [2.45, 2.75) is 26.4 Å². The van der Waals surface area contributed by atoms with E-state index in [0.29, 0.717) is 11.4 Å². The third kappa shape index (κ3) is 6.45. The van der Waals surface area contributed by atoms with Gasteiger partial charge in [0.2, 0.25) is 21.8 Å². The van der Waals surface area contributed by atoms with E-state index < -0.39 is 28.5 Å². The second-order valence-electron chi connectivity index (χ2n) is 7.27. The summed E-state index contributed by atoms with van der Waals surface area (Å²) in [5, 5.41) is 2.54. The summed E-state index contributed by atoms with van der Waals surface area (Å²) in [4.78, 5) is 26.9. The summed E-state index contributed by atoms with van der Waals surface area (Å²) in [7, 11) is -0.804. The van der Waals surface area contributed by atoms with Crippen LogP contribution < -0.4 is 14.4 Å². The summed E-state index contributed by atoms with van der Waals surface area (Å²) in [6, 6.07) is 13.3. The number of likely N-dealkylation sites (N-methyl/N-ethyl adjacent to an activating group) is 1. The van der Waals surface area contributed by atoms with E-state index in [-0.39, 0.29) is 12.5 Å². The van der Waals surface area contributed by atoms with Gasteiger partial charge in [0.25, 0.3) is 0 Å². The smallest absolute Gasteiger partial charge is 0.244 e. The van der Waals surface area contributed by atoms with Crippen molar-refractivity contribution in [1.82, 2.24) is 10.2 Å². The molecule has 0 aliphatic heterocycles. The second kappa shape index (κ2) is 10.3. The van der Waals surface area contributed by atoms with Gasteiger partial charge in [0, 0.05) is 19.7 Å². The molecule has 0 aliphatic carbocycles. The van der Waals surface area contributed by atoms with Crippen LogP contribution in [0.5, 0.6) is 5.75 Å². The first kappa shape index (κ1) is 24.2. The van der Waals surface area contributed by atoms with Gasteiger partial charge in [-0.3, -0.25) is 13.9 Å². The molecule has 2 aromatic rings. The average molecular weight is 448 g/mol. The molecule has 31 heavy (non-hydrogen) atoms. The summed E-state index contributed by atoms with van der Waals surface area (Å²) in [5.41, 5.74) is 2.21. The van der Waals surface area contributed by atoms with E-state index >= 15 is 0 Å². The van der Waals surface area contributed by atoms with Gasteiger partial charge in [0.15, 0.2) is 0 Å². The molecule has 8 nitrogen and oxygen atoms in total. The lowest BCUT2D eigenvalue weighted by molar-refractivity contribution is -0.139. The molecule has 0 saturated carbocycles. The van der Waals surface area contributed by atoms with Gasteiger partial charge in [-0.2, -0.15) is 0 Å². The first-order valence-electron chi connectivity index (χ1n) is 9.75. The van der Waals surface area contributed by atoms with E-state index in [9.17, 15) is 18.0 Å². The van der Waals surface area contributed by atoms with Gasteiger partial charge in [0.1, 0.15) is 18.3 Å². The van der Waals surface area contributed by atoms with Gasteiger partial charge in [-0.25, -0.2) is 8.42 Å². The number of methoxy groups -OCH3 is 1. The summed E-state index contributed by atoms with van der Waals surface area (Å²) >= 11 is 0. The van der Waals surface area contributed by atoms with Crippen LogP contribution in [0.4, 0.5) is 5.69 Å². The molecule has 0 heterocycles. The predicted molar refractivity (Wildman–Crippen MR) is 120 cm³/mol. The van der Waals surface area contributed by atoms with Crippen LogP contribution in [0.25, 0.3) is 0 Å². The van der Waals surface area contributed by atoms with Crippen LogP contribution >= 0.6 is 0 Å². The van der Waals surface area contributed by atoms with Crippen molar-refractivity contribution in [1.29, 1.82) is 0 Å². The molecule has 0 radical (unpaired) electrons. The molecule has 0 bridgehead atoms. The van der Waals surface area contributed by atoms with Gasteiger partial charge in [0.05, 0.1) is 19.1 Å². The maximum absolute atomic E-state index is 13.3. The minimum Gasteiger partial charge on any atom is -0.497 e. The second-order valence-corrected chi connectivity index (χ2v) is 9.18. The zero-order chi connectivity index (χ0) is 23.2. The zero-order valence-corrected chi connectivity index (χ0v) is 19.3. The summed E-state index contributed by atoms with van der Waals surface area (Å²) in [5.74, 6) is -0.369. The number of nitrogens with one attached hydrogen (secondary N) is 1. The van der Waals surface area contributed by atoms with Gasteiger partial charge in [-0.05, 0) is 31.5 Å². The number of rotatable bonds is 9. The summed E-state index contributed by atoms with van der Waals surface area (Å²) in [6.07, 6.45) is 1.03. The highest BCUT2D eigenvalue weighted by molar-refractivity contribution is 7.92. The number of ether oxygens (including phenoxy) is 1. The number of aryl methyl sites for hydroxylation is 1. The lowest BCUT2D eigenvalue weighted by Crippen LogP contribution is -2.50. The van der Waals surface area contributed by atoms with Crippen molar-refractivity contribution in [3.63, 3.8) is 0 Å². The van der Waals surface area contributed by atoms with E-state index in [1.54, 1.807) is 31.2 Å². The quantitative estimate of drug-likeness (QED) is 0.634. The number of carbonyl (C=O) groups is 2. The van der Waals surface area contributed by atoms with Crippen molar-refractivity contribution in [2.24, 2.45) is 0 Å². The highest BCUT2D eigenvalue weighted by Gasteiger charge is 2.29. The maximum atomic E-state index is 13.3. The van der Waals surface area contributed by atoms with Crippen LogP contribution in [0, 0.1) is 6.92 Å². The third-order valence-electron chi connectivity index (χ3n) is 4.91. The fraction of sp³-hybridized carbons (Fsp3) is 0.364. The number of sulfonamides is 1.